The van der Waals surface area contributed by atoms with Gasteiger partial charge in [0.15, 0.2) is 9.84 Å². The van der Waals surface area contributed by atoms with Gasteiger partial charge in [-0.15, -0.1) is 11.3 Å². The van der Waals surface area contributed by atoms with Crippen LogP contribution in [0.3, 0.4) is 0 Å². The Morgan fingerprint density at radius 3 is 2.12 bits per heavy atom. The number of hydrogen-bond acceptors (Lipinski definition) is 8. The number of aliphatic hydroxyl groups excluding tert-OH is 1. The van der Waals surface area contributed by atoms with Crippen molar-refractivity contribution in [3.05, 3.63) is 57.8 Å². The Balaban J connectivity index is 1.63. The van der Waals surface area contributed by atoms with E-state index < -0.39 is 56.2 Å². The molecule has 1 aromatic carbocycles. The first-order chi connectivity index (χ1) is 23.6. The third-order valence-electron chi connectivity index (χ3n) is 10.6. The highest BCUT2D eigenvalue weighted by atomic mass is 32.2. The molecule has 2 aromatic rings. The number of carbonyl (C=O) groups excluding carboxylic acids is 3. The Morgan fingerprint density at radius 2 is 1.55 bits per heavy atom. The van der Waals surface area contributed by atoms with Crippen LogP contribution in [-0.2, 0) is 31.3 Å². The van der Waals surface area contributed by atoms with E-state index in [9.17, 15) is 27.9 Å². The SMILES string of the molecule is CC(C)(C)NC(=O)[C@@H]1C[C@@H]2CCCC[C@@H]2CN1C[C@@H](O)[C@H](Cc1ccccc1)NC(=O)[C@@H](NC(=O)c1ccc(C(C)(C)C)s1)C(C)(C)S(C)(=O)=O. The molecule has 2 heterocycles. The number of aliphatic hydroxyl groups is 1. The molecule has 10 nitrogen and oxygen atoms in total. The summed E-state index contributed by atoms with van der Waals surface area (Å²) in [5, 5.41) is 20.8. The quantitative estimate of drug-likeness (QED) is 0.243. The molecule has 0 unspecified atom stereocenters. The lowest BCUT2D eigenvalue weighted by Crippen LogP contribution is -2.64. The van der Waals surface area contributed by atoms with Crippen molar-refractivity contribution in [2.75, 3.05) is 19.3 Å². The molecule has 0 bridgehead atoms. The molecule has 1 saturated carbocycles. The maximum absolute atomic E-state index is 14.3. The molecular formula is C39H60N4O6S2. The highest BCUT2D eigenvalue weighted by Gasteiger charge is 2.46. The standard InChI is InChI=1S/C39H60N4O6S2/c1-37(2,3)32-20-19-31(50-32)35(46)41-33(39(7,8)51(9,48)49)36(47)40-28(21-25-15-11-10-12-16-25)30(44)24-43-23-27-18-14-13-17-26(27)22-29(43)34(45)42-38(4,5)6/h10-12,15-16,19-20,26-30,33,44H,13-14,17-18,21-24H2,1-9H3,(H,40,47)(H,41,46)(H,42,45)/t26-,27+,28-,29-,30+,33+/m0/s1. The highest BCUT2D eigenvalue weighted by molar-refractivity contribution is 7.92. The van der Waals surface area contributed by atoms with Gasteiger partial charge in [0, 0.05) is 29.8 Å². The number of piperidine rings is 1. The van der Waals surface area contributed by atoms with Crippen molar-refractivity contribution in [3.8, 4) is 0 Å². The van der Waals surface area contributed by atoms with Crippen molar-refractivity contribution in [1.29, 1.82) is 0 Å². The minimum Gasteiger partial charge on any atom is -0.390 e. The second-order valence-corrected chi connectivity index (χ2v) is 21.0. The number of benzene rings is 1. The predicted molar refractivity (Wildman–Crippen MR) is 205 cm³/mol. The zero-order valence-electron chi connectivity index (χ0n) is 31.9. The van der Waals surface area contributed by atoms with Gasteiger partial charge in [-0.2, -0.15) is 0 Å². The lowest BCUT2D eigenvalue weighted by Gasteiger charge is -2.47. The normalized spacial score (nSPS) is 22.3. The predicted octanol–water partition coefficient (Wildman–Crippen LogP) is 4.85. The second-order valence-electron chi connectivity index (χ2n) is 17.3. The minimum atomic E-state index is -3.86. The number of β-amino-alcohol motifs (C(OH)–C–C–N with tert-alkyl or cyclic N) is 1. The van der Waals surface area contributed by atoms with Gasteiger partial charge >= 0.3 is 0 Å². The number of nitrogens with zero attached hydrogens (tertiary/aromatic N) is 1. The summed E-state index contributed by atoms with van der Waals surface area (Å²) in [7, 11) is -3.86. The van der Waals surface area contributed by atoms with E-state index in [2.05, 4.69) is 20.9 Å². The first-order valence-electron chi connectivity index (χ1n) is 18.3. The van der Waals surface area contributed by atoms with Crippen LogP contribution in [0.15, 0.2) is 42.5 Å². The topological polar surface area (TPSA) is 145 Å². The van der Waals surface area contributed by atoms with Crippen LogP contribution in [0.1, 0.15) is 108 Å². The van der Waals surface area contributed by atoms with Gasteiger partial charge in [0.25, 0.3) is 5.91 Å². The summed E-state index contributed by atoms with van der Waals surface area (Å²) in [6.07, 6.45) is 5.40. The maximum atomic E-state index is 14.3. The summed E-state index contributed by atoms with van der Waals surface area (Å²) in [4.78, 5) is 45.0. The maximum Gasteiger partial charge on any atom is 0.262 e. The number of amides is 3. The third-order valence-corrected chi connectivity index (χ3v) is 14.2. The Labute approximate surface area is 309 Å². The molecule has 3 amide bonds. The van der Waals surface area contributed by atoms with E-state index in [4.69, 9.17) is 0 Å². The smallest absolute Gasteiger partial charge is 0.262 e. The average molecular weight is 745 g/mol. The van der Waals surface area contributed by atoms with Crippen molar-refractivity contribution >= 4 is 38.9 Å². The average Bonchev–Trinajstić information content (AvgIpc) is 3.53. The van der Waals surface area contributed by atoms with E-state index in [1.165, 1.54) is 25.2 Å². The number of fused-ring (bicyclic) bond motifs is 1. The molecule has 2 fully saturated rings. The third kappa shape index (κ3) is 10.6. The van der Waals surface area contributed by atoms with Crippen molar-refractivity contribution < 1.29 is 27.9 Å². The Morgan fingerprint density at radius 1 is 0.922 bits per heavy atom. The molecule has 4 rings (SSSR count). The number of nitrogens with one attached hydrogen (secondary N) is 3. The van der Waals surface area contributed by atoms with Crippen LogP contribution in [0, 0.1) is 11.8 Å². The number of carbonyl (C=O) groups is 3. The number of hydrogen-bond donors (Lipinski definition) is 4. The van der Waals surface area contributed by atoms with Crippen molar-refractivity contribution in [1.82, 2.24) is 20.9 Å². The zero-order chi connectivity index (χ0) is 37.9. The number of likely N-dealkylation sites (tertiary alicyclic amines) is 1. The lowest BCUT2D eigenvalue weighted by atomic mass is 9.72. The van der Waals surface area contributed by atoms with Gasteiger partial charge in [0.2, 0.25) is 11.8 Å². The van der Waals surface area contributed by atoms with Crippen LogP contribution in [0.5, 0.6) is 0 Å². The van der Waals surface area contributed by atoms with E-state index >= 15 is 0 Å². The van der Waals surface area contributed by atoms with Crippen LogP contribution in [0.25, 0.3) is 0 Å². The van der Waals surface area contributed by atoms with E-state index in [0.29, 0.717) is 29.7 Å². The molecule has 0 radical (unpaired) electrons. The van der Waals surface area contributed by atoms with Gasteiger partial charge in [-0.3, -0.25) is 19.3 Å². The van der Waals surface area contributed by atoms with Gasteiger partial charge in [-0.05, 0) is 88.8 Å². The summed E-state index contributed by atoms with van der Waals surface area (Å²) in [5.74, 6) is -0.440. The molecule has 51 heavy (non-hydrogen) atoms. The largest absolute Gasteiger partial charge is 0.390 e. The first kappa shape index (κ1) is 41.0. The lowest BCUT2D eigenvalue weighted by molar-refractivity contribution is -0.133. The van der Waals surface area contributed by atoms with Crippen molar-refractivity contribution in [2.45, 2.75) is 134 Å². The molecular weight excluding hydrogens is 685 g/mol. The summed E-state index contributed by atoms with van der Waals surface area (Å²) in [6, 6.07) is 10.3. The number of sulfone groups is 1. The van der Waals surface area contributed by atoms with Gasteiger partial charge < -0.3 is 21.1 Å². The van der Waals surface area contributed by atoms with Crippen molar-refractivity contribution in [3.63, 3.8) is 0 Å². The number of rotatable bonds is 12. The van der Waals surface area contributed by atoms with Gasteiger partial charge in [-0.1, -0.05) is 70.4 Å². The van der Waals surface area contributed by atoms with Gasteiger partial charge in [0.1, 0.15) is 6.04 Å². The van der Waals surface area contributed by atoms with Gasteiger partial charge in [-0.25, -0.2) is 8.42 Å². The van der Waals surface area contributed by atoms with E-state index in [-0.39, 0.29) is 24.3 Å². The van der Waals surface area contributed by atoms with E-state index in [1.807, 2.05) is 77.9 Å². The second kappa shape index (κ2) is 16.1. The Hall–Kier alpha value is -2.80. The summed E-state index contributed by atoms with van der Waals surface area (Å²) < 4.78 is 24.6. The monoisotopic (exact) mass is 744 g/mol. The molecule has 284 valence electrons. The summed E-state index contributed by atoms with van der Waals surface area (Å²) in [5.41, 5.74) is 0.259. The highest BCUT2D eigenvalue weighted by Crippen LogP contribution is 2.39. The van der Waals surface area contributed by atoms with E-state index in [0.717, 1.165) is 42.4 Å². The number of thiophene rings is 1. The molecule has 1 aliphatic carbocycles. The van der Waals surface area contributed by atoms with Gasteiger partial charge in [0.05, 0.1) is 27.8 Å². The molecule has 12 heteroatoms. The molecule has 0 spiro atoms. The fourth-order valence-corrected chi connectivity index (χ4v) is 8.81. The molecule has 4 N–H and O–H groups in total. The Bertz CT molecular complexity index is 1630. The molecule has 1 aromatic heterocycles. The van der Waals surface area contributed by atoms with Crippen LogP contribution in [0.4, 0.5) is 0 Å². The van der Waals surface area contributed by atoms with E-state index in [1.54, 1.807) is 6.07 Å². The summed E-state index contributed by atoms with van der Waals surface area (Å²) in [6.45, 7) is 15.7. The minimum absolute atomic E-state index is 0.0664. The molecule has 2 aliphatic rings. The molecule has 1 aliphatic heterocycles. The van der Waals surface area contributed by atoms with Crippen molar-refractivity contribution in [2.24, 2.45) is 11.8 Å². The zero-order valence-corrected chi connectivity index (χ0v) is 33.5. The van der Waals surface area contributed by atoms with Crippen LogP contribution >= 0.6 is 11.3 Å². The van der Waals surface area contributed by atoms with Crippen LogP contribution in [-0.4, -0.2) is 90.0 Å². The van der Waals surface area contributed by atoms with Crippen LogP contribution < -0.4 is 16.0 Å². The first-order valence-corrected chi connectivity index (χ1v) is 21.0. The summed E-state index contributed by atoms with van der Waals surface area (Å²) >= 11 is 1.30. The fourth-order valence-electron chi connectivity index (χ4n) is 7.25. The van der Waals surface area contributed by atoms with Crippen LogP contribution in [0.2, 0.25) is 0 Å². The molecule has 6 atom stereocenters. The Kier molecular flexibility index (Phi) is 12.9. The fraction of sp³-hybridized carbons (Fsp3) is 0.667. The molecule has 1 saturated heterocycles.